The van der Waals surface area contributed by atoms with Gasteiger partial charge in [-0.05, 0) is 44.1 Å². The van der Waals surface area contributed by atoms with E-state index in [-0.39, 0.29) is 41.3 Å². The number of aliphatic hydroxyl groups excluding tert-OH is 1. The number of methoxy groups -OCH3 is 2. The first-order chi connectivity index (χ1) is 15.6. The van der Waals surface area contributed by atoms with Crippen LogP contribution in [0.3, 0.4) is 0 Å². The van der Waals surface area contributed by atoms with Crippen molar-refractivity contribution < 1.29 is 34.3 Å². The number of hydrogen-bond donors (Lipinski definition) is 3. The van der Waals surface area contributed by atoms with Crippen molar-refractivity contribution in [3.05, 3.63) is 0 Å². The summed E-state index contributed by atoms with van der Waals surface area (Å²) in [5.41, 5.74) is -3.60. The number of esters is 1. The molecule has 0 radical (unpaired) electrons. The number of piperidine rings is 1. The first-order valence-corrected chi connectivity index (χ1v) is 12.7. The fraction of sp³-hybridized carbons (Fsp3) is 0.960. The molecule has 0 amide bonds. The molecule has 3 N–H and O–H groups in total. The number of nitrogens with zero attached hydrogens (tertiary/aromatic N) is 1. The fourth-order valence-electron chi connectivity index (χ4n) is 10.7. The van der Waals surface area contributed by atoms with Gasteiger partial charge in [-0.15, -0.1) is 0 Å². The monoisotopic (exact) mass is 465 g/mol. The van der Waals surface area contributed by atoms with Crippen LogP contribution in [0.25, 0.3) is 0 Å². The number of carbonyl (C=O) groups is 1. The molecule has 5 aliphatic carbocycles. The third-order valence-corrected chi connectivity index (χ3v) is 11.3. The first kappa shape index (κ1) is 22.7. The quantitative estimate of drug-likeness (QED) is 0.506. The van der Waals surface area contributed by atoms with Crippen molar-refractivity contribution in [1.29, 1.82) is 0 Å². The van der Waals surface area contributed by atoms with E-state index in [4.69, 9.17) is 14.2 Å². The maximum absolute atomic E-state index is 12.7. The Morgan fingerprint density at radius 1 is 1.18 bits per heavy atom. The minimum Gasteiger partial charge on any atom is -0.462 e. The molecule has 5 saturated carbocycles. The standard InChI is InChI=1S/C25H39NO7/c1-5-26-11-22(12-31-3)7-6-18(28)25-15-8-14-16(32-4)9-23(29,19(15)20(14)33-13(2)27)24(30,21(25)26)10-17(22)25/h14-21,28-30H,5-12H2,1-4H3/t14-,15-,16+,17-,18+,19-,20+,21-,22+,23-,24+,25-/m1/s1. The van der Waals surface area contributed by atoms with Gasteiger partial charge in [0, 0.05) is 62.8 Å². The number of likely N-dealkylation sites (tertiary alicyclic amines) is 1. The van der Waals surface area contributed by atoms with Gasteiger partial charge in [-0.25, -0.2) is 0 Å². The highest BCUT2D eigenvalue weighted by atomic mass is 16.5. The zero-order valence-corrected chi connectivity index (χ0v) is 20.2. The topological polar surface area (TPSA) is 109 Å². The van der Waals surface area contributed by atoms with Crippen molar-refractivity contribution in [2.75, 3.05) is 33.9 Å². The van der Waals surface area contributed by atoms with E-state index in [9.17, 15) is 20.1 Å². The van der Waals surface area contributed by atoms with Crippen LogP contribution in [-0.4, -0.2) is 95.7 Å². The van der Waals surface area contributed by atoms with Gasteiger partial charge in [0.2, 0.25) is 0 Å². The first-order valence-electron chi connectivity index (χ1n) is 12.7. The molecule has 0 aromatic carbocycles. The van der Waals surface area contributed by atoms with Gasteiger partial charge in [0.15, 0.2) is 0 Å². The Morgan fingerprint density at radius 3 is 2.58 bits per heavy atom. The number of hydrogen-bond acceptors (Lipinski definition) is 8. The number of ether oxygens (including phenoxy) is 3. The Bertz CT molecular complexity index is 855. The predicted molar refractivity (Wildman–Crippen MR) is 117 cm³/mol. The minimum atomic E-state index is -1.45. The van der Waals surface area contributed by atoms with Gasteiger partial charge < -0.3 is 29.5 Å². The third kappa shape index (κ3) is 2.32. The lowest BCUT2D eigenvalue weighted by atomic mass is 9.42. The summed E-state index contributed by atoms with van der Waals surface area (Å²) in [6, 6.07) is -0.334. The molecule has 6 fully saturated rings. The van der Waals surface area contributed by atoms with Gasteiger partial charge in [0.1, 0.15) is 17.3 Å². The molecular formula is C25H39NO7. The molecule has 6 aliphatic rings. The van der Waals surface area contributed by atoms with Gasteiger partial charge in [-0.3, -0.25) is 9.69 Å². The molecule has 1 heterocycles. The molecule has 8 heteroatoms. The molecule has 0 unspecified atom stereocenters. The maximum atomic E-state index is 12.7. The summed E-state index contributed by atoms with van der Waals surface area (Å²) in [6.07, 6.45) is 1.61. The van der Waals surface area contributed by atoms with Crippen molar-refractivity contribution in [3.8, 4) is 0 Å². The van der Waals surface area contributed by atoms with Crippen molar-refractivity contribution in [1.82, 2.24) is 4.90 Å². The van der Waals surface area contributed by atoms with Crippen LogP contribution in [0.5, 0.6) is 0 Å². The molecule has 6 rings (SSSR count). The van der Waals surface area contributed by atoms with Crippen LogP contribution in [0.2, 0.25) is 0 Å². The van der Waals surface area contributed by atoms with E-state index in [1.54, 1.807) is 14.2 Å². The van der Waals surface area contributed by atoms with Crippen molar-refractivity contribution in [2.45, 2.75) is 81.5 Å². The van der Waals surface area contributed by atoms with E-state index in [1.807, 2.05) is 0 Å². The number of rotatable bonds is 5. The van der Waals surface area contributed by atoms with Crippen LogP contribution in [0.15, 0.2) is 0 Å². The largest absolute Gasteiger partial charge is 0.462 e. The van der Waals surface area contributed by atoms with E-state index in [0.29, 0.717) is 25.9 Å². The second-order valence-electron chi connectivity index (χ2n) is 12.0. The van der Waals surface area contributed by atoms with Crippen LogP contribution in [-0.2, 0) is 19.0 Å². The highest BCUT2D eigenvalue weighted by molar-refractivity contribution is 5.66. The van der Waals surface area contributed by atoms with Gasteiger partial charge >= 0.3 is 5.97 Å². The van der Waals surface area contributed by atoms with Crippen molar-refractivity contribution in [2.24, 2.45) is 34.5 Å². The normalized spacial score (nSPS) is 58.4. The van der Waals surface area contributed by atoms with Gasteiger partial charge in [-0.2, -0.15) is 0 Å². The van der Waals surface area contributed by atoms with Gasteiger partial charge in [0.25, 0.3) is 0 Å². The number of fused-ring (bicyclic) bond motifs is 2. The molecule has 1 saturated heterocycles. The summed E-state index contributed by atoms with van der Waals surface area (Å²) >= 11 is 0. The van der Waals surface area contributed by atoms with Gasteiger partial charge in [0.05, 0.1) is 18.8 Å². The highest BCUT2D eigenvalue weighted by Gasteiger charge is 2.88. The highest BCUT2D eigenvalue weighted by Crippen LogP contribution is 2.80. The summed E-state index contributed by atoms with van der Waals surface area (Å²) < 4.78 is 17.5. The Balaban J connectivity index is 1.60. The molecular weight excluding hydrogens is 426 g/mol. The van der Waals surface area contributed by atoms with E-state index in [2.05, 4.69) is 11.8 Å². The Hall–Kier alpha value is -0.770. The van der Waals surface area contributed by atoms with Crippen molar-refractivity contribution in [3.63, 3.8) is 0 Å². The van der Waals surface area contributed by atoms with E-state index < -0.39 is 34.7 Å². The zero-order valence-electron chi connectivity index (χ0n) is 20.2. The zero-order chi connectivity index (χ0) is 23.6. The summed E-state index contributed by atoms with van der Waals surface area (Å²) in [4.78, 5) is 14.5. The summed E-state index contributed by atoms with van der Waals surface area (Å²) in [5.74, 6) is -0.845. The maximum Gasteiger partial charge on any atom is 0.302 e. The molecule has 12 atom stereocenters. The van der Waals surface area contributed by atoms with Crippen LogP contribution < -0.4 is 0 Å². The Morgan fingerprint density at radius 2 is 1.94 bits per heavy atom. The lowest BCUT2D eigenvalue weighted by molar-refractivity contribution is -0.313. The molecule has 0 aromatic rings. The number of likely N-dealkylation sites (N-methyl/N-ethyl adjacent to an activating group) is 1. The minimum absolute atomic E-state index is 0.0452. The van der Waals surface area contributed by atoms with Crippen LogP contribution >= 0.6 is 0 Å². The lowest BCUT2D eigenvalue weighted by Gasteiger charge is -2.70. The van der Waals surface area contributed by atoms with Crippen LogP contribution in [0.4, 0.5) is 0 Å². The van der Waals surface area contributed by atoms with Gasteiger partial charge in [-0.1, -0.05) is 6.92 Å². The molecule has 1 spiro atoms. The summed E-state index contributed by atoms with van der Waals surface area (Å²) in [5, 5.41) is 37.0. The summed E-state index contributed by atoms with van der Waals surface area (Å²) in [6.45, 7) is 5.63. The third-order valence-electron chi connectivity index (χ3n) is 11.3. The SMILES string of the molecule is CCN1C[C@]2(COC)CC[C@H](O)[C@@]34[C@@H]5C[C@H]6[C@H](OC(C)=O)[C@@H]5[C@](O)(C[C@@H]6OC)[C@](O)(C[C@H]23)[C@@H]14. The second kappa shape index (κ2) is 6.92. The van der Waals surface area contributed by atoms with Crippen LogP contribution in [0.1, 0.15) is 46.0 Å². The Labute approximate surface area is 195 Å². The smallest absolute Gasteiger partial charge is 0.302 e. The van der Waals surface area contributed by atoms with E-state index >= 15 is 0 Å². The molecule has 186 valence electrons. The molecule has 33 heavy (non-hydrogen) atoms. The molecule has 0 aromatic heterocycles. The van der Waals surface area contributed by atoms with Crippen LogP contribution in [0, 0.1) is 34.5 Å². The number of aliphatic hydroxyl groups is 3. The second-order valence-corrected chi connectivity index (χ2v) is 12.0. The fourth-order valence-corrected chi connectivity index (χ4v) is 10.7. The summed E-state index contributed by atoms with van der Waals surface area (Å²) in [7, 11) is 3.37. The lowest BCUT2D eigenvalue weighted by Crippen LogP contribution is -2.81. The molecule has 8 nitrogen and oxygen atoms in total. The van der Waals surface area contributed by atoms with E-state index in [1.165, 1.54) is 6.92 Å². The molecule has 7 bridgehead atoms. The molecule has 1 aliphatic heterocycles. The van der Waals surface area contributed by atoms with Crippen molar-refractivity contribution >= 4 is 5.97 Å². The average Bonchev–Trinajstić information content (AvgIpc) is 3.17. The number of carbonyl (C=O) groups excluding carboxylic acids is 1. The predicted octanol–water partition coefficient (Wildman–Crippen LogP) is 0.563. The Kier molecular flexibility index (Phi) is 4.75. The average molecular weight is 466 g/mol. The van der Waals surface area contributed by atoms with E-state index in [0.717, 1.165) is 25.9 Å².